The highest BCUT2D eigenvalue weighted by Crippen LogP contribution is 2.39. The van der Waals surface area contributed by atoms with Gasteiger partial charge in [0, 0.05) is 18.6 Å². The minimum atomic E-state index is 0.480. The lowest BCUT2D eigenvalue weighted by molar-refractivity contribution is 0.0915. The summed E-state index contributed by atoms with van der Waals surface area (Å²) >= 11 is 0. The summed E-state index contributed by atoms with van der Waals surface area (Å²) in [5.74, 6) is 0.695. The summed E-state index contributed by atoms with van der Waals surface area (Å²) in [7, 11) is 0. The second-order valence-electron chi connectivity index (χ2n) is 3.60. The van der Waals surface area contributed by atoms with Crippen molar-refractivity contribution in [1.82, 2.24) is 5.32 Å². The molecule has 0 aromatic rings. The molecule has 3 heteroatoms. The second-order valence-corrected chi connectivity index (χ2v) is 3.60. The lowest BCUT2D eigenvalue weighted by Gasteiger charge is -2.07. The highest BCUT2D eigenvalue weighted by atomic mass is 16.5. The SMILES string of the molecule is N#CCNC1CC1C1CCCO1. The van der Waals surface area contributed by atoms with E-state index in [-0.39, 0.29) is 0 Å². The van der Waals surface area contributed by atoms with E-state index in [1.165, 1.54) is 19.3 Å². The summed E-state index contributed by atoms with van der Waals surface area (Å²) in [5, 5.41) is 11.5. The van der Waals surface area contributed by atoms with Gasteiger partial charge in [-0.05, 0) is 19.3 Å². The smallest absolute Gasteiger partial charge is 0.0843 e. The van der Waals surface area contributed by atoms with E-state index in [1.54, 1.807) is 0 Å². The predicted octanol–water partition coefficient (Wildman–Crippen LogP) is 0.667. The Morgan fingerprint density at radius 2 is 2.50 bits per heavy atom. The number of rotatable bonds is 3. The molecule has 66 valence electrons. The fraction of sp³-hybridized carbons (Fsp3) is 0.889. The Balaban J connectivity index is 1.69. The standard InChI is InChI=1S/C9H14N2O/c10-3-4-11-8-6-7(8)9-2-1-5-12-9/h7-9,11H,1-2,4-6H2. The van der Waals surface area contributed by atoms with E-state index in [1.807, 2.05) is 0 Å². The molecule has 1 saturated heterocycles. The summed E-state index contributed by atoms with van der Waals surface area (Å²) < 4.78 is 5.56. The van der Waals surface area contributed by atoms with E-state index >= 15 is 0 Å². The van der Waals surface area contributed by atoms with Crippen molar-refractivity contribution in [3.63, 3.8) is 0 Å². The van der Waals surface area contributed by atoms with Crippen LogP contribution in [0.2, 0.25) is 0 Å². The van der Waals surface area contributed by atoms with Crippen molar-refractivity contribution < 1.29 is 4.74 Å². The van der Waals surface area contributed by atoms with Crippen molar-refractivity contribution in [2.24, 2.45) is 5.92 Å². The van der Waals surface area contributed by atoms with Crippen LogP contribution in [0.5, 0.6) is 0 Å². The molecule has 1 aliphatic heterocycles. The highest BCUT2D eigenvalue weighted by molar-refractivity contribution is 5.00. The first-order valence-electron chi connectivity index (χ1n) is 4.64. The maximum absolute atomic E-state index is 8.35. The van der Waals surface area contributed by atoms with Crippen LogP contribution in [-0.4, -0.2) is 25.3 Å². The molecule has 1 N–H and O–H groups in total. The molecule has 0 bridgehead atoms. The van der Waals surface area contributed by atoms with Gasteiger partial charge in [-0.2, -0.15) is 5.26 Å². The van der Waals surface area contributed by atoms with Gasteiger partial charge in [0.05, 0.1) is 18.7 Å². The molecule has 3 atom stereocenters. The Kier molecular flexibility index (Phi) is 2.29. The van der Waals surface area contributed by atoms with Crippen LogP contribution in [0.1, 0.15) is 19.3 Å². The maximum Gasteiger partial charge on any atom is 0.0843 e. The third-order valence-corrected chi connectivity index (χ3v) is 2.73. The molecule has 0 radical (unpaired) electrons. The topological polar surface area (TPSA) is 45.0 Å². The Morgan fingerprint density at radius 3 is 3.17 bits per heavy atom. The molecule has 3 nitrogen and oxygen atoms in total. The predicted molar refractivity (Wildman–Crippen MR) is 44.5 cm³/mol. The fourth-order valence-corrected chi connectivity index (χ4v) is 1.98. The van der Waals surface area contributed by atoms with Gasteiger partial charge in [-0.1, -0.05) is 0 Å². The third kappa shape index (κ3) is 1.60. The maximum atomic E-state index is 8.35. The first-order chi connectivity index (χ1) is 5.92. The summed E-state index contributed by atoms with van der Waals surface area (Å²) in [5.41, 5.74) is 0. The van der Waals surface area contributed by atoms with E-state index < -0.39 is 0 Å². The lowest BCUT2D eigenvalue weighted by atomic mass is 10.1. The summed E-state index contributed by atoms with van der Waals surface area (Å²) in [6.07, 6.45) is 4.12. The highest BCUT2D eigenvalue weighted by Gasteiger charge is 2.44. The van der Waals surface area contributed by atoms with Gasteiger partial charge in [0.2, 0.25) is 0 Å². The molecule has 0 amide bonds. The zero-order valence-electron chi connectivity index (χ0n) is 7.12. The normalized spacial score (nSPS) is 39.4. The van der Waals surface area contributed by atoms with E-state index in [2.05, 4.69) is 11.4 Å². The molecular weight excluding hydrogens is 152 g/mol. The van der Waals surface area contributed by atoms with Crippen LogP contribution in [-0.2, 0) is 4.74 Å². The van der Waals surface area contributed by atoms with E-state index in [4.69, 9.17) is 10.00 Å². The van der Waals surface area contributed by atoms with Gasteiger partial charge >= 0.3 is 0 Å². The van der Waals surface area contributed by atoms with Crippen LogP contribution in [0.4, 0.5) is 0 Å². The van der Waals surface area contributed by atoms with Crippen LogP contribution in [0, 0.1) is 17.2 Å². The number of hydrogen-bond donors (Lipinski definition) is 1. The quantitative estimate of drug-likeness (QED) is 0.627. The van der Waals surface area contributed by atoms with E-state index in [0.717, 1.165) is 6.61 Å². The van der Waals surface area contributed by atoms with Crippen LogP contribution >= 0.6 is 0 Å². The number of nitrogens with zero attached hydrogens (tertiary/aromatic N) is 1. The van der Waals surface area contributed by atoms with Crippen molar-refractivity contribution in [3.05, 3.63) is 0 Å². The minimum absolute atomic E-state index is 0.480. The monoisotopic (exact) mass is 166 g/mol. The minimum Gasteiger partial charge on any atom is -0.378 e. The van der Waals surface area contributed by atoms with Crippen LogP contribution in [0.3, 0.4) is 0 Å². The fourth-order valence-electron chi connectivity index (χ4n) is 1.98. The molecule has 1 heterocycles. The molecule has 1 saturated carbocycles. The first-order valence-corrected chi connectivity index (χ1v) is 4.64. The Hall–Kier alpha value is -0.590. The van der Waals surface area contributed by atoms with Crippen molar-refractivity contribution in [2.45, 2.75) is 31.4 Å². The Labute approximate surface area is 72.7 Å². The van der Waals surface area contributed by atoms with Crippen molar-refractivity contribution in [2.75, 3.05) is 13.2 Å². The molecule has 2 aliphatic rings. The third-order valence-electron chi connectivity index (χ3n) is 2.73. The lowest BCUT2D eigenvalue weighted by Crippen LogP contribution is -2.22. The molecule has 1 aliphatic carbocycles. The van der Waals surface area contributed by atoms with Gasteiger partial charge < -0.3 is 10.1 Å². The zero-order valence-corrected chi connectivity index (χ0v) is 7.12. The molecular formula is C9H14N2O. The van der Waals surface area contributed by atoms with Crippen LogP contribution in [0.15, 0.2) is 0 Å². The summed E-state index contributed by atoms with van der Waals surface area (Å²) in [6, 6.07) is 2.66. The van der Waals surface area contributed by atoms with E-state index in [9.17, 15) is 0 Å². The number of nitriles is 1. The second kappa shape index (κ2) is 3.42. The molecule has 12 heavy (non-hydrogen) atoms. The molecule has 0 aromatic carbocycles. The Morgan fingerprint density at radius 1 is 1.58 bits per heavy atom. The number of ether oxygens (including phenoxy) is 1. The number of hydrogen-bond acceptors (Lipinski definition) is 3. The molecule has 3 unspecified atom stereocenters. The van der Waals surface area contributed by atoms with Gasteiger partial charge in [-0.25, -0.2) is 0 Å². The van der Waals surface area contributed by atoms with Crippen LogP contribution in [0.25, 0.3) is 0 Å². The van der Waals surface area contributed by atoms with Gasteiger partial charge in [0.1, 0.15) is 0 Å². The molecule has 0 spiro atoms. The van der Waals surface area contributed by atoms with Gasteiger partial charge in [-0.3, -0.25) is 0 Å². The molecule has 2 rings (SSSR count). The van der Waals surface area contributed by atoms with E-state index in [0.29, 0.717) is 24.6 Å². The zero-order chi connectivity index (χ0) is 8.39. The van der Waals surface area contributed by atoms with Gasteiger partial charge in [-0.15, -0.1) is 0 Å². The van der Waals surface area contributed by atoms with Crippen molar-refractivity contribution in [1.29, 1.82) is 5.26 Å². The average molecular weight is 166 g/mol. The molecule has 2 fully saturated rings. The van der Waals surface area contributed by atoms with Crippen LogP contribution < -0.4 is 5.32 Å². The van der Waals surface area contributed by atoms with Gasteiger partial charge in [0.15, 0.2) is 0 Å². The summed E-state index contributed by atoms with van der Waals surface area (Å²) in [4.78, 5) is 0. The van der Waals surface area contributed by atoms with Crippen molar-refractivity contribution in [3.8, 4) is 6.07 Å². The largest absolute Gasteiger partial charge is 0.378 e. The van der Waals surface area contributed by atoms with Gasteiger partial charge in [0.25, 0.3) is 0 Å². The summed E-state index contributed by atoms with van der Waals surface area (Å²) in [6.45, 7) is 1.42. The first kappa shape index (κ1) is 8.03. The molecule has 0 aromatic heterocycles. The Bertz CT molecular complexity index is 193. The number of nitrogens with one attached hydrogen (secondary N) is 1. The van der Waals surface area contributed by atoms with Crippen molar-refractivity contribution >= 4 is 0 Å². The average Bonchev–Trinajstić information content (AvgIpc) is 2.64.